The van der Waals surface area contributed by atoms with Crippen molar-refractivity contribution in [3.63, 3.8) is 0 Å². The molecule has 0 bridgehead atoms. The largest absolute Gasteiger partial charge is 0.428 e. The van der Waals surface area contributed by atoms with Crippen molar-refractivity contribution in [3.05, 3.63) is 58.1 Å². The van der Waals surface area contributed by atoms with Crippen LogP contribution in [0.25, 0.3) is 5.69 Å². The number of piperazine rings is 1. The summed E-state index contributed by atoms with van der Waals surface area (Å²) in [7, 11) is 2.04. The SMILES string of the molecule is Cc1c(F)c(N)cc(C(=O)Nc2cc(-n3cc(C(=O)OCOC(=O)C(C)C)nn3)ccc2N2CCN(C)CC2)c1Cl. The van der Waals surface area contributed by atoms with Crippen LogP contribution in [-0.2, 0) is 14.3 Å². The molecular weight excluding hydrogens is 557 g/mol. The molecule has 12 nitrogen and oxygen atoms in total. The van der Waals surface area contributed by atoms with Crippen molar-refractivity contribution < 1.29 is 28.2 Å². The molecule has 1 amide bonds. The number of nitrogen functional groups attached to an aromatic ring is 1. The lowest BCUT2D eigenvalue weighted by Crippen LogP contribution is -2.44. The number of ether oxygens (including phenoxy) is 2. The molecule has 2 aromatic carbocycles. The first-order chi connectivity index (χ1) is 19.5. The van der Waals surface area contributed by atoms with Crippen LogP contribution >= 0.6 is 11.6 Å². The first kappa shape index (κ1) is 29.7. The molecule has 1 aliphatic heterocycles. The van der Waals surface area contributed by atoms with E-state index >= 15 is 0 Å². The minimum atomic E-state index is -0.825. The summed E-state index contributed by atoms with van der Waals surface area (Å²) in [6, 6.07) is 6.47. The fourth-order valence-electron chi connectivity index (χ4n) is 4.11. The van der Waals surface area contributed by atoms with Crippen molar-refractivity contribution in [1.82, 2.24) is 19.9 Å². The molecule has 0 radical (unpaired) electrons. The second-order valence-electron chi connectivity index (χ2n) is 9.93. The first-order valence-electron chi connectivity index (χ1n) is 12.9. The molecule has 1 aromatic heterocycles. The number of halogens is 2. The van der Waals surface area contributed by atoms with E-state index in [9.17, 15) is 18.8 Å². The molecule has 1 saturated heterocycles. The van der Waals surface area contributed by atoms with E-state index in [0.29, 0.717) is 11.4 Å². The van der Waals surface area contributed by atoms with Gasteiger partial charge in [-0.15, -0.1) is 5.10 Å². The molecule has 1 fully saturated rings. The maximum Gasteiger partial charge on any atom is 0.363 e. The summed E-state index contributed by atoms with van der Waals surface area (Å²) in [5.74, 6) is -2.94. The first-order valence-corrected chi connectivity index (χ1v) is 13.2. The highest BCUT2D eigenvalue weighted by molar-refractivity contribution is 6.35. The fourth-order valence-corrected chi connectivity index (χ4v) is 4.33. The predicted molar refractivity (Wildman–Crippen MR) is 151 cm³/mol. The Bertz CT molecular complexity index is 1470. The number of rotatable bonds is 8. The molecule has 218 valence electrons. The predicted octanol–water partition coefficient (Wildman–Crippen LogP) is 3.27. The highest BCUT2D eigenvalue weighted by atomic mass is 35.5. The molecule has 41 heavy (non-hydrogen) atoms. The van der Waals surface area contributed by atoms with Gasteiger partial charge in [0.2, 0.25) is 6.79 Å². The van der Waals surface area contributed by atoms with E-state index < -0.39 is 30.5 Å². The van der Waals surface area contributed by atoms with E-state index in [1.807, 2.05) is 13.1 Å². The Labute approximate surface area is 241 Å². The number of anilines is 3. The standard InChI is InChI=1S/C27H31ClFN7O5/c1-15(2)26(38)40-14-41-27(39)21-13-36(33-32-21)17-5-6-22(35-9-7-34(4)8-10-35)20(11-17)31-25(37)18-12-19(30)24(29)16(3)23(18)28/h5-6,11-13,15H,7-10,14,30H2,1-4H3,(H,31,37). The second-order valence-corrected chi connectivity index (χ2v) is 10.3. The Balaban J connectivity index is 1.60. The van der Waals surface area contributed by atoms with E-state index in [0.717, 1.165) is 31.9 Å². The van der Waals surface area contributed by atoms with Crippen LogP contribution < -0.4 is 16.0 Å². The highest BCUT2D eigenvalue weighted by Crippen LogP contribution is 2.32. The summed E-state index contributed by atoms with van der Waals surface area (Å²) in [6.45, 7) is 7.33. The van der Waals surface area contributed by atoms with Gasteiger partial charge in [-0.25, -0.2) is 13.9 Å². The maximum atomic E-state index is 14.2. The number of hydrogen-bond acceptors (Lipinski definition) is 10. The molecule has 0 spiro atoms. The molecule has 2 heterocycles. The second kappa shape index (κ2) is 12.5. The lowest BCUT2D eigenvalue weighted by molar-refractivity contribution is -0.155. The summed E-state index contributed by atoms with van der Waals surface area (Å²) in [5, 5.41) is 10.7. The normalized spacial score (nSPS) is 13.8. The Morgan fingerprint density at radius 1 is 1.15 bits per heavy atom. The number of carbonyl (C=O) groups excluding carboxylic acids is 3. The van der Waals surface area contributed by atoms with Crippen molar-refractivity contribution in [2.24, 2.45) is 5.92 Å². The van der Waals surface area contributed by atoms with Gasteiger partial charge in [0, 0.05) is 31.7 Å². The van der Waals surface area contributed by atoms with E-state index in [1.165, 1.54) is 23.9 Å². The number of esters is 2. The van der Waals surface area contributed by atoms with E-state index in [4.69, 9.17) is 26.8 Å². The number of hydrogen-bond donors (Lipinski definition) is 2. The number of nitrogens with zero attached hydrogens (tertiary/aromatic N) is 5. The third kappa shape index (κ3) is 6.74. The van der Waals surface area contributed by atoms with Gasteiger partial charge >= 0.3 is 11.9 Å². The van der Waals surface area contributed by atoms with Gasteiger partial charge in [0.05, 0.1) is 45.5 Å². The van der Waals surface area contributed by atoms with Crippen molar-refractivity contribution in [2.45, 2.75) is 20.8 Å². The number of benzene rings is 2. The molecule has 4 rings (SSSR count). The summed E-state index contributed by atoms with van der Waals surface area (Å²) in [6.07, 6.45) is 1.35. The van der Waals surface area contributed by atoms with Gasteiger partial charge in [0.25, 0.3) is 5.91 Å². The van der Waals surface area contributed by atoms with Crippen molar-refractivity contribution >= 4 is 46.5 Å². The van der Waals surface area contributed by atoms with Crippen molar-refractivity contribution in [2.75, 3.05) is 56.0 Å². The van der Waals surface area contributed by atoms with Gasteiger partial charge in [0.1, 0.15) is 0 Å². The van der Waals surface area contributed by atoms with Crippen LogP contribution in [0.15, 0.2) is 30.5 Å². The van der Waals surface area contributed by atoms with Crippen LogP contribution in [0.4, 0.5) is 21.5 Å². The lowest BCUT2D eigenvalue weighted by Gasteiger charge is -2.35. The van der Waals surface area contributed by atoms with Gasteiger partial charge in [-0.05, 0) is 38.2 Å². The van der Waals surface area contributed by atoms with Gasteiger partial charge in [-0.3, -0.25) is 9.59 Å². The topological polar surface area (TPSA) is 145 Å². The summed E-state index contributed by atoms with van der Waals surface area (Å²) in [5.41, 5.74) is 7.24. The van der Waals surface area contributed by atoms with Crippen LogP contribution in [0.3, 0.4) is 0 Å². The number of likely N-dealkylation sites (N-methyl/N-ethyl adjacent to an activating group) is 1. The number of aromatic nitrogens is 3. The maximum absolute atomic E-state index is 14.2. The molecule has 3 N–H and O–H groups in total. The Morgan fingerprint density at radius 3 is 2.54 bits per heavy atom. The third-order valence-electron chi connectivity index (χ3n) is 6.59. The van der Waals surface area contributed by atoms with Crippen molar-refractivity contribution in [1.29, 1.82) is 0 Å². The Kier molecular flexibility index (Phi) is 9.08. The fraction of sp³-hybridized carbons (Fsp3) is 0.370. The molecule has 3 aromatic rings. The van der Waals surface area contributed by atoms with Crippen LogP contribution in [0.2, 0.25) is 5.02 Å². The monoisotopic (exact) mass is 587 g/mol. The molecule has 0 unspecified atom stereocenters. The number of nitrogens with two attached hydrogens (primary N) is 1. The average molecular weight is 588 g/mol. The zero-order valence-electron chi connectivity index (χ0n) is 23.1. The third-order valence-corrected chi connectivity index (χ3v) is 7.08. The van der Waals surface area contributed by atoms with Crippen LogP contribution in [0.1, 0.15) is 40.3 Å². The minimum absolute atomic E-state index is 0.0294. The summed E-state index contributed by atoms with van der Waals surface area (Å²) in [4.78, 5) is 41.6. The van der Waals surface area contributed by atoms with E-state index in [2.05, 4.69) is 25.4 Å². The van der Waals surface area contributed by atoms with Gasteiger partial charge < -0.3 is 30.3 Å². The lowest BCUT2D eigenvalue weighted by atomic mass is 10.1. The zero-order chi connectivity index (χ0) is 29.8. The Morgan fingerprint density at radius 2 is 1.85 bits per heavy atom. The number of amides is 1. The molecular formula is C27H31ClFN7O5. The minimum Gasteiger partial charge on any atom is -0.428 e. The van der Waals surface area contributed by atoms with Gasteiger partial charge in [-0.2, -0.15) is 0 Å². The highest BCUT2D eigenvalue weighted by Gasteiger charge is 2.23. The zero-order valence-corrected chi connectivity index (χ0v) is 23.9. The number of carbonyl (C=O) groups is 3. The average Bonchev–Trinajstić information content (AvgIpc) is 3.45. The number of nitrogens with one attached hydrogen (secondary N) is 1. The Hall–Kier alpha value is -4.23. The van der Waals surface area contributed by atoms with Gasteiger partial charge in [-0.1, -0.05) is 30.7 Å². The van der Waals surface area contributed by atoms with Crippen molar-refractivity contribution in [3.8, 4) is 5.69 Å². The summed E-state index contributed by atoms with van der Waals surface area (Å²) < 4.78 is 25.4. The summed E-state index contributed by atoms with van der Waals surface area (Å²) >= 11 is 6.30. The molecule has 14 heteroatoms. The van der Waals surface area contributed by atoms with Gasteiger partial charge in [0.15, 0.2) is 11.5 Å². The van der Waals surface area contributed by atoms with E-state index in [1.54, 1.807) is 26.0 Å². The van der Waals surface area contributed by atoms with Crippen LogP contribution in [0.5, 0.6) is 0 Å². The molecule has 0 saturated carbocycles. The molecule has 0 atom stereocenters. The molecule has 0 aliphatic carbocycles. The van der Waals surface area contributed by atoms with Crippen LogP contribution in [0, 0.1) is 18.7 Å². The van der Waals surface area contributed by atoms with Crippen LogP contribution in [-0.4, -0.2) is 77.8 Å². The van der Waals surface area contributed by atoms with E-state index in [-0.39, 0.29) is 33.4 Å². The quantitative estimate of drug-likeness (QED) is 0.229. The molecule has 1 aliphatic rings. The smallest absolute Gasteiger partial charge is 0.363 e.